The molecule has 0 atom stereocenters. The quantitative estimate of drug-likeness (QED) is 0.525. The average Bonchev–Trinajstić information content (AvgIpc) is 2.10. The highest BCUT2D eigenvalue weighted by Crippen LogP contribution is 1.92. The first kappa shape index (κ1) is 9.00. The Balaban J connectivity index is 0.000000371. The molecule has 0 radical (unpaired) electrons. The minimum atomic E-state index is 0.715. The monoisotopic (exact) mass is 153 g/mol. The molecule has 0 aliphatic carbocycles. The second-order valence-corrected chi connectivity index (χ2v) is 1.48. The molecule has 0 aromatic heterocycles. The van der Waals surface area contributed by atoms with Gasteiger partial charge < -0.3 is 0 Å². The normalized spacial score (nSPS) is 6.90. The number of alkyl halides is 1. The molecule has 0 fully saturated rings. The predicted molar refractivity (Wildman–Crippen MR) is 42.9 cm³/mol. The van der Waals surface area contributed by atoms with Crippen molar-refractivity contribution in [2.45, 2.75) is 0 Å². The van der Waals surface area contributed by atoms with E-state index in [1.54, 1.807) is 12.1 Å². The molecular formula is C8H8ClN. The molecule has 0 aliphatic rings. The zero-order valence-electron chi connectivity index (χ0n) is 5.71. The molecule has 0 N–H and O–H groups in total. The zero-order chi connectivity index (χ0) is 7.82. The Hall–Kier alpha value is -1.00. The van der Waals surface area contributed by atoms with E-state index in [9.17, 15) is 0 Å². The lowest BCUT2D eigenvalue weighted by Crippen LogP contribution is -1.66. The van der Waals surface area contributed by atoms with Crippen LogP contribution >= 0.6 is 11.6 Å². The Morgan fingerprint density at radius 3 is 2.00 bits per heavy atom. The second-order valence-electron chi connectivity index (χ2n) is 1.48. The molecule has 0 amide bonds. The van der Waals surface area contributed by atoms with E-state index in [1.165, 1.54) is 6.38 Å². The molecule has 2 heteroatoms. The first-order valence-corrected chi connectivity index (χ1v) is 3.52. The smallest absolute Gasteiger partial charge is 0.0991 e. The molecule has 0 heterocycles. The van der Waals surface area contributed by atoms with Crippen molar-refractivity contribution in [1.29, 1.82) is 5.26 Å². The van der Waals surface area contributed by atoms with Crippen molar-refractivity contribution in [2.75, 3.05) is 6.38 Å². The molecule has 0 spiro atoms. The molecule has 0 bridgehead atoms. The lowest BCUT2D eigenvalue weighted by Gasteiger charge is -1.80. The van der Waals surface area contributed by atoms with E-state index < -0.39 is 0 Å². The van der Waals surface area contributed by atoms with Crippen molar-refractivity contribution in [1.82, 2.24) is 0 Å². The number of nitrogens with zero attached hydrogens (tertiary/aromatic N) is 1. The van der Waals surface area contributed by atoms with Gasteiger partial charge in [0.25, 0.3) is 0 Å². The fourth-order valence-electron chi connectivity index (χ4n) is 0.513. The summed E-state index contributed by atoms with van der Waals surface area (Å²) in [5, 5.41) is 8.29. The van der Waals surface area contributed by atoms with Gasteiger partial charge in [0, 0.05) is 6.38 Å². The van der Waals surface area contributed by atoms with Gasteiger partial charge in [0.1, 0.15) is 0 Å². The van der Waals surface area contributed by atoms with Crippen LogP contribution in [0.15, 0.2) is 30.3 Å². The van der Waals surface area contributed by atoms with Crippen molar-refractivity contribution < 1.29 is 0 Å². The number of hydrogen-bond donors (Lipinski definition) is 0. The topological polar surface area (TPSA) is 23.8 Å². The summed E-state index contributed by atoms with van der Waals surface area (Å²) in [5.41, 5.74) is 0.715. The van der Waals surface area contributed by atoms with Gasteiger partial charge in [-0.3, -0.25) is 0 Å². The highest BCUT2D eigenvalue weighted by atomic mass is 35.5. The molecule has 1 nitrogen and oxygen atoms in total. The van der Waals surface area contributed by atoms with Gasteiger partial charge in [0.15, 0.2) is 0 Å². The van der Waals surface area contributed by atoms with Crippen LogP contribution in [0.5, 0.6) is 0 Å². The second kappa shape index (κ2) is 6.12. The van der Waals surface area contributed by atoms with Gasteiger partial charge in [-0.15, -0.1) is 11.6 Å². The summed E-state index contributed by atoms with van der Waals surface area (Å²) in [6.45, 7) is 0. The number of rotatable bonds is 0. The first-order valence-electron chi connectivity index (χ1n) is 2.76. The third-order valence-corrected chi connectivity index (χ3v) is 0.903. The highest BCUT2D eigenvalue weighted by Gasteiger charge is 1.79. The summed E-state index contributed by atoms with van der Waals surface area (Å²) in [6, 6.07) is 11.2. The van der Waals surface area contributed by atoms with Crippen LogP contribution in [-0.4, -0.2) is 6.38 Å². The summed E-state index contributed by atoms with van der Waals surface area (Å²) in [5.74, 6) is 0. The maximum Gasteiger partial charge on any atom is 0.0991 e. The maximum absolute atomic E-state index is 8.29. The van der Waals surface area contributed by atoms with Gasteiger partial charge >= 0.3 is 0 Å². The predicted octanol–water partition coefficient (Wildman–Crippen LogP) is 2.41. The van der Waals surface area contributed by atoms with Crippen LogP contribution < -0.4 is 0 Å². The minimum Gasteiger partial charge on any atom is -0.192 e. The Labute approximate surface area is 65.9 Å². The van der Waals surface area contributed by atoms with Crippen LogP contribution in [0, 0.1) is 11.3 Å². The van der Waals surface area contributed by atoms with Gasteiger partial charge in [0.2, 0.25) is 0 Å². The fraction of sp³-hybridized carbons (Fsp3) is 0.125. The molecule has 10 heavy (non-hydrogen) atoms. The molecular weight excluding hydrogens is 146 g/mol. The van der Waals surface area contributed by atoms with Gasteiger partial charge in [-0.2, -0.15) is 5.26 Å². The number of halogens is 1. The van der Waals surface area contributed by atoms with Crippen molar-refractivity contribution in [3.05, 3.63) is 35.9 Å². The van der Waals surface area contributed by atoms with Crippen LogP contribution in [0.4, 0.5) is 0 Å². The summed E-state index contributed by atoms with van der Waals surface area (Å²) < 4.78 is 0. The first-order chi connectivity index (χ1) is 4.93. The SMILES string of the molecule is CCl.N#Cc1ccccc1. The van der Waals surface area contributed by atoms with Crippen molar-refractivity contribution in [3.63, 3.8) is 0 Å². The summed E-state index contributed by atoms with van der Waals surface area (Å²) >= 11 is 4.64. The number of benzene rings is 1. The number of nitriles is 1. The Morgan fingerprint density at radius 2 is 1.70 bits per heavy atom. The lowest BCUT2D eigenvalue weighted by molar-refractivity contribution is 1.49. The largest absolute Gasteiger partial charge is 0.192 e. The van der Waals surface area contributed by atoms with Gasteiger partial charge in [-0.25, -0.2) is 0 Å². The van der Waals surface area contributed by atoms with Gasteiger partial charge in [-0.05, 0) is 12.1 Å². The van der Waals surface area contributed by atoms with Crippen LogP contribution in [-0.2, 0) is 0 Å². The standard InChI is InChI=1S/C7H5N.CH3Cl/c8-6-7-4-2-1-3-5-7;1-2/h1-5H;1H3. The Bertz CT molecular complexity index is 200. The molecule has 0 aliphatic heterocycles. The Morgan fingerprint density at radius 1 is 1.20 bits per heavy atom. The highest BCUT2D eigenvalue weighted by molar-refractivity contribution is 6.15. The fourth-order valence-corrected chi connectivity index (χ4v) is 0.513. The van der Waals surface area contributed by atoms with E-state index >= 15 is 0 Å². The molecule has 1 aromatic carbocycles. The van der Waals surface area contributed by atoms with E-state index in [0.29, 0.717) is 5.56 Å². The van der Waals surface area contributed by atoms with Crippen molar-refractivity contribution in [3.8, 4) is 6.07 Å². The zero-order valence-corrected chi connectivity index (χ0v) is 6.47. The van der Waals surface area contributed by atoms with Crippen molar-refractivity contribution in [2.24, 2.45) is 0 Å². The summed E-state index contributed by atoms with van der Waals surface area (Å²) in [7, 11) is 0. The van der Waals surface area contributed by atoms with E-state index in [1.807, 2.05) is 24.3 Å². The molecule has 1 aromatic rings. The summed E-state index contributed by atoms with van der Waals surface area (Å²) in [6.07, 6.45) is 1.47. The van der Waals surface area contributed by atoms with E-state index in [0.717, 1.165) is 0 Å². The van der Waals surface area contributed by atoms with Crippen LogP contribution in [0.25, 0.3) is 0 Å². The molecule has 0 unspecified atom stereocenters. The third kappa shape index (κ3) is 3.11. The Kier molecular flexibility index (Phi) is 5.51. The molecule has 0 saturated heterocycles. The van der Waals surface area contributed by atoms with Crippen molar-refractivity contribution >= 4 is 11.6 Å². The molecule has 1 rings (SSSR count). The average molecular weight is 154 g/mol. The van der Waals surface area contributed by atoms with Gasteiger partial charge in [0.05, 0.1) is 11.6 Å². The van der Waals surface area contributed by atoms with E-state index in [-0.39, 0.29) is 0 Å². The summed E-state index contributed by atoms with van der Waals surface area (Å²) in [4.78, 5) is 0. The third-order valence-electron chi connectivity index (χ3n) is 0.903. The van der Waals surface area contributed by atoms with E-state index in [4.69, 9.17) is 5.26 Å². The molecule has 0 saturated carbocycles. The molecule has 52 valence electrons. The van der Waals surface area contributed by atoms with E-state index in [2.05, 4.69) is 11.6 Å². The maximum atomic E-state index is 8.29. The minimum absolute atomic E-state index is 0.715. The number of hydrogen-bond acceptors (Lipinski definition) is 1. The lowest BCUT2D eigenvalue weighted by atomic mass is 10.2. The van der Waals surface area contributed by atoms with Gasteiger partial charge in [-0.1, -0.05) is 18.2 Å². The van der Waals surface area contributed by atoms with Crippen LogP contribution in [0.3, 0.4) is 0 Å². The van der Waals surface area contributed by atoms with Crippen LogP contribution in [0.1, 0.15) is 5.56 Å². The van der Waals surface area contributed by atoms with Crippen LogP contribution in [0.2, 0.25) is 0 Å².